The zero-order chi connectivity index (χ0) is 12.2. The van der Waals surface area contributed by atoms with Crippen LogP contribution in [0.25, 0.3) is 0 Å². The highest BCUT2D eigenvalue weighted by Crippen LogP contribution is 2.29. The number of pyridine rings is 1. The van der Waals surface area contributed by atoms with Crippen LogP contribution in [0.5, 0.6) is 5.88 Å². The zero-order valence-corrected chi connectivity index (χ0v) is 12.4. The summed E-state index contributed by atoms with van der Waals surface area (Å²) in [7, 11) is 1.63. The van der Waals surface area contributed by atoms with Gasteiger partial charge in [-0.25, -0.2) is 4.98 Å². The normalized spacial score (nSPS) is 11.6. The molecule has 0 atom stereocenters. The Morgan fingerprint density at radius 2 is 2.25 bits per heavy atom. The van der Waals surface area contributed by atoms with Gasteiger partial charge in [0.1, 0.15) is 0 Å². The van der Waals surface area contributed by atoms with Gasteiger partial charge in [-0.3, -0.25) is 4.72 Å². The highest BCUT2D eigenvalue weighted by Gasteiger charge is 2.16. The molecule has 0 aliphatic rings. The molecule has 0 aliphatic carbocycles. The van der Waals surface area contributed by atoms with Crippen molar-refractivity contribution < 1.29 is 4.74 Å². The number of hydrogen-bond donors (Lipinski definition) is 1. The second-order valence-electron chi connectivity index (χ2n) is 4.10. The van der Waals surface area contributed by atoms with E-state index in [-0.39, 0.29) is 5.54 Å². The Morgan fingerprint density at radius 1 is 1.56 bits per heavy atom. The molecule has 1 heterocycles. The number of halogens is 1. The van der Waals surface area contributed by atoms with Gasteiger partial charge in [-0.2, -0.15) is 0 Å². The lowest BCUT2D eigenvalue weighted by Crippen LogP contribution is -2.33. The van der Waals surface area contributed by atoms with Gasteiger partial charge in [-0.1, -0.05) is 6.92 Å². The second-order valence-corrected chi connectivity index (χ2v) is 5.87. The van der Waals surface area contributed by atoms with Gasteiger partial charge < -0.3 is 4.74 Å². The lowest BCUT2D eigenvalue weighted by Gasteiger charge is -2.23. The van der Waals surface area contributed by atoms with E-state index in [2.05, 4.69) is 46.4 Å². The first kappa shape index (κ1) is 13.8. The number of nitrogens with one attached hydrogen (secondary N) is 1. The molecule has 0 radical (unpaired) electrons. The Balaban J connectivity index is 2.76. The summed E-state index contributed by atoms with van der Waals surface area (Å²) >= 11 is 4.95. The number of ether oxygens (including phenoxy) is 1. The summed E-state index contributed by atoms with van der Waals surface area (Å²) in [5.41, 5.74) is 0.0952. The van der Waals surface area contributed by atoms with Crippen LogP contribution in [0.1, 0.15) is 27.2 Å². The maximum atomic E-state index is 5.21. The quantitative estimate of drug-likeness (QED) is 0.842. The van der Waals surface area contributed by atoms with Crippen LogP contribution in [0, 0.1) is 0 Å². The average molecular weight is 305 g/mol. The van der Waals surface area contributed by atoms with Crippen LogP contribution < -0.4 is 9.46 Å². The Hall–Kier alpha value is -0.260. The van der Waals surface area contributed by atoms with E-state index in [9.17, 15) is 0 Å². The van der Waals surface area contributed by atoms with Crippen LogP contribution in [-0.4, -0.2) is 17.6 Å². The van der Waals surface area contributed by atoms with Gasteiger partial charge in [0.05, 0.1) is 12.0 Å². The monoisotopic (exact) mass is 304 g/mol. The second kappa shape index (κ2) is 5.89. The minimum Gasteiger partial charge on any atom is -0.480 e. The largest absolute Gasteiger partial charge is 0.480 e. The summed E-state index contributed by atoms with van der Waals surface area (Å²) in [5.74, 6) is 0.646. The van der Waals surface area contributed by atoms with Crippen molar-refractivity contribution in [2.75, 3.05) is 7.11 Å². The van der Waals surface area contributed by atoms with Gasteiger partial charge >= 0.3 is 0 Å². The molecule has 0 saturated heterocycles. The van der Waals surface area contributed by atoms with Crippen molar-refractivity contribution in [3.05, 3.63) is 16.7 Å². The van der Waals surface area contributed by atoms with Crippen LogP contribution in [0.2, 0.25) is 0 Å². The molecular weight excluding hydrogens is 288 g/mol. The smallest absolute Gasteiger partial charge is 0.228 e. The predicted molar refractivity (Wildman–Crippen MR) is 71.9 cm³/mol. The minimum absolute atomic E-state index is 0.0952. The molecule has 0 aromatic carbocycles. The van der Waals surface area contributed by atoms with Crippen LogP contribution in [0.15, 0.2) is 21.6 Å². The van der Waals surface area contributed by atoms with Gasteiger partial charge in [0.25, 0.3) is 0 Å². The van der Waals surface area contributed by atoms with E-state index in [1.54, 1.807) is 25.3 Å². The number of rotatable bonds is 5. The van der Waals surface area contributed by atoms with Gasteiger partial charge in [0.2, 0.25) is 5.88 Å². The Labute approximate surface area is 110 Å². The van der Waals surface area contributed by atoms with Crippen LogP contribution >= 0.6 is 27.9 Å². The standard InChI is InChI=1S/C11H17BrN2OS/c1-5-11(2,3)14-16-9-6-8(12)7-13-10(9)15-4/h6-7,14H,5H2,1-4H3. The molecule has 0 spiro atoms. The van der Waals surface area contributed by atoms with Crippen molar-refractivity contribution in [1.82, 2.24) is 9.71 Å². The summed E-state index contributed by atoms with van der Waals surface area (Å²) in [6.07, 6.45) is 2.79. The third kappa shape index (κ3) is 3.96. The van der Waals surface area contributed by atoms with Gasteiger partial charge in [-0.05, 0) is 54.2 Å². The Kier molecular flexibility index (Phi) is 5.08. The third-order valence-electron chi connectivity index (χ3n) is 2.30. The van der Waals surface area contributed by atoms with Gasteiger partial charge in [-0.15, -0.1) is 0 Å². The third-order valence-corrected chi connectivity index (χ3v) is 3.90. The first-order chi connectivity index (χ1) is 7.48. The maximum absolute atomic E-state index is 5.21. The molecule has 1 rings (SSSR count). The van der Waals surface area contributed by atoms with Crippen LogP contribution in [0.4, 0.5) is 0 Å². The number of methoxy groups -OCH3 is 1. The van der Waals surface area contributed by atoms with E-state index in [0.29, 0.717) is 5.88 Å². The molecule has 0 bridgehead atoms. The summed E-state index contributed by atoms with van der Waals surface area (Å²) in [6.45, 7) is 6.49. The molecule has 0 saturated carbocycles. The number of aromatic nitrogens is 1. The van der Waals surface area contributed by atoms with Gasteiger partial charge in [0.15, 0.2) is 0 Å². The molecule has 0 amide bonds. The highest BCUT2D eigenvalue weighted by molar-refractivity contribution is 9.10. The molecule has 1 N–H and O–H groups in total. The lowest BCUT2D eigenvalue weighted by molar-refractivity contribution is 0.386. The maximum Gasteiger partial charge on any atom is 0.228 e. The summed E-state index contributed by atoms with van der Waals surface area (Å²) in [5, 5.41) is 0. The summed E-state index contributed by atoms with van der Waals surface area (Å²) in [6, 6.07) is 2.00. The van der Waals surface area contributed by atoms with Crippen molar-refractivity contribution in [3.63, 3.8) is 0 Å². The van der Waals surface area contributed by atoms with E-state index >= 15 is 0 Å². The molecule has 1 aromatic rings. The zero-order valence-electron chi connectivity index (χ0n) is 10.0. The Bertz CT molecular complexity index is 358. The first-order valence-electron chi connectivity index (χ1n) is 5.12. The van der Waals surface area contributed by atoms with Crippen LogP contribution in [-0.2, 0) is 0 Å². The van der Waals surface area contributed by atoms with Crippen molar-refractivity contribution in [2.24, 2.45) is 0 Å². The summed E-state index contributed by atoms with van der Waals surface area (Å²) < 4.78 is 9.56. The van der Waals surface area contributed by atoms with Crippen molar-refractivity contribution in [1.29, 1.82) is 0 Å². The molecule has 16 heavy (non-hydrogen) atoms. The van der Waals surface area contributed by atoms with E-state index in [1.807, 2.05) is 6.07 Å². The van der Waals surface area contributed by atoms with Crippen molar-refractivity contribution in [2.45, 2.75) is 37.6 Å². The molecular formula is C11H17BrN2OS. The van der Waals surface area contributed by atoms with E-state index in [0.717, 1.165) is 15.8 Å². The molecule has 0 aliphatic heterocycles. The fraction of sp³-hybridized carbons (Fsp3) is 0.545. The molecule has 1 aromatic heterocycles. The fourth-order valence-electron chi connectivity index (χ4n) is 0.900. The predicted octanol–water partition coefficient (Wildman–Crippen LogP) is 3.64. The van der Waals surface area contributed by atoms with Crippen molar-refractivity contribution >= 4 is 27.9 Å². The number of hydrogen-bond acceptors (Lipinski definition) is 4. The molecule has 90 valence electrons. The van der Waals surface area contributed by atoms with Crippen LogP contribution in [0.3, 0.4) is 0 Å². The number of nitrogens with zero attached hydrogens (tertiary/aromatic N) is 1. The molecule has 0 fully saturated rings. The van der Waals surface area contributed by atoms with E-state index in [4.69, 9.17) is 4.74 Å². The molecule has 0 unspecified atom stereocenters. The fourth-order valence-corrected chi connectivity index (χ4v) is 2.32. The summed E-state index contributed by atoms with van der Waals surface area (Å²) in [4.78, 5) is 5.18. The molecule has 5 heteroatoms. The lowest BCUT2D eigenvalue weighted by atomic mass is 10.0. The van der Waals surface area contributed by atoms with Gasteiger partial charge in [0, 0.05) is 16.2 Å². The minimum atomic E-state index is 0.0952. The Morgan fingerprint density at radius 3 is 2.81 bits per heavy atom. The van der Waals surface area contributed by atoms with E-state index in [1.165, 1.54) is 0 Å². The van der Waals surface area contributed by atoms with E-state index < -0.39 is 0 Å². The topological polar surface area (TPSA) is 34.2 Å². The molecule has 3 nitrogen and oxygen atoms in total. The average Bonchev–Trinajstić information content (AvgIpc) is 2.27. The SMILES string of the molecule is CCC(C)(C)NSc1cc(Br)cnc1OC. The highest BCUT2D eigenvalue weighted by atomic mass is 79.9. The first-order valence-corrected chi connectivity index (χ1v) is 6.73. The van der Waals surface area contributed by atoms with Crippen molar-refractivity contribution in [3.8, 4) is 5.88 Å².